The Morgan fingerprint density at radius 1 is 1.07 bits per heavy atom. The molecule has 30 heavy (non-hydrogen) atoms. The SMILES string of the molecule is CN(C)C(=O)Cc1ccc(NC(=O)NCC2CN(Cc3ccccc3)CCO2)cc1. The van der Waals surface area contributed by atoms with Crippen molar-refractivity contribution >= 4 is 17.6 Å². The van der Waals surface area contributed by atoms with Gasteiger partial charge in [0.1, 0.15) is 0 Å². The fourth-order valence-corrected chi connectivity index (χ4v) is 3.31. The lowest BCUT2D eigenvalue weighted by atomic mass is 10.1. The van der Waals surface area contributed by atoms with Gasteiger partial charge in [-0.2, -0.15) is 0 Å². The smallest absolute Gasteiger partial charge is 0.319 e. The van der Waals surface area contributed by atoms with E-state index in [2.05, 4.69) is 27.7 Å². The van der Waals surface area contributed by atoms with Crippen molar-refractivity contribution in [3.63, 3.8) is 0 Å². The molecular formula is C23H30N4O3. The second kappa shape index (κ2) is 10.8. The molecule has 1 fully saturated rings. The van der Waals surface area contributed by atoms with Crippen LogP contribution in [0.15, 0.2) is 54.6 Å². The van der Waals surface area contributed by atoms with Gasteiger partial charge in [0.15, 0.2) is 0 Å². The van der Waals surface area contributed by atoms with E-state index in [-0.39, 0.29) is 18.0 Å². The molecule has 0 aromatic heterocycles. The number of nitrogens with zero attached hydrogens (tertiary/aromatic N) is 2. The third kappa shape index (κ3) is 6.86. The molecule has 1 aliphatic heterocycles. The van der Waals surface area contributed by atoms with Gasteiger partial charge in [-0.3, -0.25) is 9.69 Å². The highest BCUT2D eigenvalue weighted by molar-refractivity contribution is 5.89. The van der Waals surface area contributed by atoms with Gasteiger partial charge in [0, 0.05) is 46.0 Å². The summed E-state index contributed by atoms with van der Waals surface area (Å²) in [4.78, 5) is 27.9. The van der Waals surface area contributed by atoms with Gasteiger partial charge >= 0.3 is 6.03 Å². The molecule has 2 N–H and O–H groups in total. The third-order valence-corrected chi connectivity index (χ3v) is 5.03. The first kappa shape index (κ1) is 21.8. The summed E-state index contributed by atoms with van der Waals surface area (Å²) in [5.74, 6) is 0.0437. The highest BCUT2D eigenvalue weighted by Gasteiger charge is 2.21. The number of hydrogen-bond acceptors (Lipinski definition) is 4. The van der Waals surface area contributed by atoms with Crippen molar-refractivity contribution in [2.75, 3.05) is 45.7 Å². The van der Waals surface area contributed by atoms with Gasteiger partial charge in [-0.25, -0.2) is 4.79 Å². The minimum atomic E-state index is -0.268. The van der Waals surface area contributed by atoms with Crippen LogP contribution >= 0.6 is 0 Å². The Balaban J connectivity index is 1.41. The van der Waals surface area contributed by atoms with Crippen LogP contribution in [0, 0.1) is 0 Å². The normalized spacial score (nSPS) is 16.7. The number of carbonyl (C=O) groups excluding carboxylic acids is 2. The average Bonchev–Trinajstić information content (AvgIpc) is 2.74. The van der Waals surface area contributed by atoms with Crippen molar-refractivity contribution in [1.82, 2.24) is 15.1 Å². The number of urea groups is 1. The van der Waals surface area contributed by atoms with E-state index in [1.807, 2.05) is 30.3 Å². The lowest BCUT2D eigenvalue weighted by Gasteiger charge is -2.33. The first-order chi connectivity index (χ1) is 14.5. The quantitative estimate of drug-likeness (QED) is 0.735. The zero-order chi connectivity index (χ0) is 21.3. The Kier molecular flexibility index (Phi) is 7.82. The summed E-state index contributed by atoms with van der Waals surface area (Å²) in [6.45, 7) is 3.67. The summed E-state index contributed by atoms with van der Waals surface area (Å²) in [7, 11) is 3.47. The predicted molar refractivity (Wildman–Crippen MR) is 117 cm³/mol. The second-order valence-corrected chi connectivity index (χ2v) is 7.71. The molecule has 2 aromatic rings. The van der Waals surface area contributed by atoms with Gasteiger partial charge in [-0.1, -0.05) is 42.5 Å². The van der Waals surface area contributed by atoms with Crippen molar-refractivity contribution in [2.45, 2.75) is 19.1 Å². The summed E-state index contributed by atoms with van der Waals surface area (Å²) >= 11 is 0. The maximum absolute atomic E-state index is 12.2. The topological polar surface area (TPSA) is 73.9 Å². The summed E-state index contributed by atoms with van der Waals surface area (Å²) in [5.41, 5.74) is 2.87. The number of likely N-dealkylation sites (N-methyl/N-ethyl adjacent to an activating group) is 1. The van der Waals surface area contributed by atoms with E-state index >= 15 is 0 Å². The molecule has 7 heteroatoms. The van der Waals surface area contributed by atoms with Crippen molar-refractivity contribution in [1.29, 1.82) is 0 Å². The molecule has 3 amide bonds. The fraction of sp³-hybridized carbons (Fsp3) is 0.391. The Morgan fingerprint density at radius 3 is 2.50 bits per heavy atom. The molecule has 0 saturated carbocycles. The van der Waals surface area contributed by atoms with Crippen molar-refractivity contribution in [3.8, 4) is 0 Å². The molecule has 0 radical (unpaired) electrons. The maximum Gasteiger partial charge on any atom is 0.319 e. The van der Waals surface area contributed by atoms with Crippen LogP contribution in [0.1, 0.15) is 11.1 Å². The molecule has 0 bridgehead atoms. The minimum Gasteiger partial charge on any atom is -0.374 e. The number of rotatable bonds is 7. The van der Waals surface area contributed by atoms with Crippen LogP contribution in [-0.4, -0.2) is 68.2 Å². The summed E-state index contributed by atoms with van der Waals surface area (Å²) in [6, 6.07) is 17.4. The Hall–Kier alpha value is -2.90. The molecule has 2 aromatic carbocycles. The number of amides is 3. The van der Waals surface area contributed by atoms with E-state index in [0.29, 0.717) is 25.3 Å². The van der Waals surface area contributed by atoms with Gasteiger partial charge in [-0.15, -0.1) is 0 Å². The van der Waals surface area contributed by atoms with Crippen molar-refractivity contribution < 1.29 is 14.3 Å². The molecule has 1 aliphatic rings. The number of nitrogens with one attached hydrogen (secondary N) is 2. The molecule has 0 aliphatic carbocycles. The summed E-state index contributed by atoms with van der Waals surface area (Å²) in [5, 5.41) is 5.71. The number of anilines is 1. The van der Waals surface area contributed by atoms with Crippen LogP contribution < -0.4 is 10.6 Å². The monoisotopic (exact) mass is 410 g/mol. The van der Waals surface area contributed by atoms with Crippen LogP contribution in [0.2, 0.25) is 0 Å². The Labute approximate surface area is 178 Å². The second-order valence-electron chi connectivity index (χ2n) is 7.71. The standard InChI is InChI=1S/C23H30N4O3/c1-26(2)22(28)14-18-8-10-20(11-9-18)25-23(29)24-15-21-17-27(12-13-30-21)16-19-6-4-3-5-7-19/h3-11,21H,12-17H2,1-2H3,(H2,24,25,29). The van der Waals surface area contributed by atoms with Crippen LogP contribution in [0.25, 0.3) is 0 Å². The first-order valence-electron chi connectivity index (χ1n) is 10.2. The molecule has 1 atom stereocenters. The Bertz CT molecular complexity index is 824. The molecule has 1 heterocycles. The zero-order valence-electron chi connectivity index (χ0n) is 17.6. The number of hydrogen-bond donors (Lipinski definition) is 2. The van der Waals surface area contributed by atoms with Crippen molar-refractivity contribution in [3.05, 3.63) is 65.7 Å². The van der Waals surface area contributed by atoms with E-state index in [4.69, 9.17) is 4.74 Å². The van der Waals surface area contributed by atoms with Crippen molar-refractivity contribution in [2.24, 2.45) is 0 Å². The van der Waals surface area contributed by atoms with Gasteiger partial charge in [0.05, 0.1) is 19.1 Å². The molecule has 7 nitrogen and oxygen atoms in total. The van der Waals surface area contributed by atoms with E-state index < -0.39 is 0 Å². The number of benzene rings is 2. The molecule has 1 saturated heterocycles. The lowest BCUT2D eigenvalue weighted by Crippen LogP contribution is -2.47. The third-order valence-electron chi connectivity index (χ3n) is 5.03. The van der Waals surface area contributed by atoms with E-state index in [1.165, 1.54) is 5.56 Å². The number of carbonyl (C=O) groups is 2. The Morgan fingerprint density at radius 2 is 1.80 bits per heavy atom. The average molecular weight is 411 g/mol. The first-order valence-corrected chi connectivity index (χ1v) is 10.2. The fourth-order valence-electron chi connectivity index (χ4n) is 3.31. The van der Waals surface area contributed by atoms with E-state index in [0.717, 1.165) is 25.2 Å². The van der Waals surface area contributed by atoms with E-state index in [1.54, 1.807) is 31.1 Å². The molecule has 160 valence electrons. The summed E-state index contributed by atoms with van der Waals surface area (Å²) < 4.78 is 5.80. The van der Waals surface area contributed by atoms with Gasteiger partial charge in [-0.05, 0) is 23.3 Å². The summed E-state index contributed by atoms with van der Waals surface area (Å²) in [6.07, 6.45) is 0.311. The van der Waals surface area contributed by atoms with Gasteiger partial charge in [0.2, 0.25) is 5.91 Å². The van der Waals surface area contributed by atoms with Crippen LogP contribution in [0.4, 0.5) is 10.5 Å². The minimum absolute atomic E-state index is 0.0346. The van der Waals surface area contributed by atoms with Gasteiger partial charge in [0.25, 0.3) is 0 Å². The number of morpholine rings is 1. The largest absolute Gasteiger partial charge is 0.374 e. The van der Waals surface area contributed by atoms with Gasteiger partial charge < -0.3 is 20.3 Å². The molecule has 1 unspecified atom stereocenters. The van der Waals surface area contributed by atoms with Crippen LogP contribution in [0.5, 0.6) is 0 Å². The maximum atomic E-state index is 12.2. The molecule has 3 rings (SSSR count). The number of ether oxygens (including phenoxy) is 1. The highest BCUT2D eigenvalue weighted by atomic mass is 16.5. The highest BCUT2D eigenvalue weighted by Crippen LogP contribution is 2.12. The lowest BCUT2D eigenvalue weighted by molar-refractivity contribution is -0.127. The van der Waals surface area contributed by atoms with Crippen LogP contribution in [-0.2, 0) is 22.5 Å². The predicted octanol–water partition coefficient (Wildman–Crippen LogP) is 2.34. The molecule has 0 spiro atoms. The zero-order valence-corrected chi connectivity index (χ0v) is 17.6. The van der Waals surface area contributed by atoms with Crippen LogP contribution in [0.3, 0.4) is 0 Å². The molecular weight excluding hydrogens is 380 g/mol. The van der Waals surface area contributed by atoms with E-state index in [9.17, 15) is 9.59 Å².